The molecule has 0 N–H and O–H groups in total. The molecule has 3 rings (SSSR count). The van der Waals surface area contributed by atoms with Crippen molar-refractivity contribution in [2.75, 3.05) is 0 Å². The maximum atomic E-state index is 12.2. The monoisotopic (exact) mass is 274 g/mol. The average Bonchev–Trinajstić information content (AvgIpc) is 2.90. The molecule has 0 unspecified atom stereocenters. The van der Waals surface area contributed by atoms with Crippen LogP contribution >= 0.6 is 0 Å². The van der Waals surface area contributed by atoms with Crippen LogP contribution in [0.5, 0.6) is 0 Å². The highest BCUT2D eigenvalue weighted by atomic mass is 16.6. The smallest absolute Gasteiger partial charge is 0.410 e. The molecule has 2 heterocycles. The summed E-state index contributed by atoms with van der Waals surface area (Å²) in [5, 5.41) is 0. The minimum absolute atomic E-state index is 0.222. The Morgan fingerprint density at radius 1 is 1.15 bits per heavy atom. The Balaban J connectivity index is 1.86. The predicted octanol–water partition coefficient (Wildman–Crippen LogP) is 3.13. The van der Waals surface area contributed by atoms with Gasteiger partial charge >= 0.3 is 6.09 Å². The molecule has 0 spiro atoms. The maximum absolute atomic E-state index is 12.2. The van der Waals surface area contributed by atoms with Gasteiger partial charge in [-0.15, -0.1) is 0 Å². The van der Waals surface area contributed by atoms with Crippen LogP contribution in [0.15, 0.2) is 0 Å². The number of rotatable bonds is 0. The first kappa shape index (κ1) is 13.4. The number of nitrogens with zero attached hydrogens (tertiary/aromatic N) is 2. The number of carbonyl (C=O) groups excluding carboxylic acids is 1. The van der Waals surface area contributed by atoms with E-state index in [0.29, 0.717) is 13.1 Å². The number of carbonyl (C=O) groups is 1. The molecule has 0 fully saturated rings. The molecule has 0 bridgehead atoms. The van der Waals surface area contributed by atoms with Crippen molar-refractivity contribution < 1.29 is 9.53 Å². The van der Waals surface area contributed by atoms with Gasteiger partial charge in [0.2, 0.25) is 0 Å². The SMILES string of the molecule is Cc1nc2c(c3c1CN(C(=O)OC(C)(C)C)C3)CCC2. The van der Waals surface area contributed by atoms with Crippen molar-refractivity contribution >= 4 is 6.09 Å². The summed E-state index contributed by atoms with van der Waals surface area (Å²) in [4.78, 5) is 18.7. The lowest BCUT2D eigenvalue weighted by Crippen LogP contribution is -2.33. The summed E-state index contributed by atoms with van der Waals surface area (Å²) in [5.41, 5.74) is 5.82. The van der Waals surface area contributed by atoms with Gasteiger partial charge in [0.15, 0.2) is 0 Å². The Labute approximate surface area is 120 Å². The van der Waals surface area contributed by atoms with E-state index in [1.54, 1.807) is 4.90 Å². The van der Waals surface area contributed by atoms with Crippen LogP contribution in [0, 0.1) is 6.92 Å². The molecule has 0 saturated heterocycles. The van der Waals surface area contributed by atoms with Gasteiger partial charge in [0.1, 0.15) is 5.60 Å². The molecule has 0 saturated carbocycles. The minimum Gasteiger partial charge on any atom is -0.444 e. The van der Waals surface area contributed by atoms with Gasteiger partial charge in [-0.2, -0.15) is 0 Å². The second kappa shape index (κ2) is 4.47. The zero-order chi connectivity index (χ0) is 14.5. The first-order valence-corrected chi connectivity index (χ1v) is 7.33. The Kier molecular flexibility index (Phi) is 3.00. The summed E-state index contributed by atoms with van der Waals surface area (Å²) in [6.45, 7) is 9.07. The Bertz CT molecular complexity index is 573. The number of hydrogen-bond acceptors (Lipinski definition) is 3. The number of aryl methyl sites for hydroxylation is 2. The second-order valence-corrected chi connectivity index (χ2v) is 6.77. The first-order valence-electron chi connectivity index (χ1n) is 7.33. The van der Waals surface area contributed by atoms with Crippen LogP contribution in [0.4, 0.5) is 4.79 Å². The molecule has 0 radical (unpaired) electrons. The molecule has 1 aromatic rings. The third kappa shape index (κ3) is 2.28. The molecule has 1 aliphatic heterocycles. The zero-order valence-electron chi connectivity index (χ0n) is 12.7. The van der Waals surface area contributed by atoms with Crippen LogP contribution in [0.25, 0.3) is 0 Å². The van der Waals surface area contributed by atoms with Crippen LogP contribution in [0.3, 0.4) is 0 Å². The fourth-order valence-electron chi connectivity index (χ4n) is 3.14. The van der Waals surface area contributed by atoms with Crippen molar-refractivity contribution in [3.63, 3.8) is 0 Å². The van der Waals surface area contributed by atoms with Crippen LogP contribution in [0.2, 0.25) is 0 Å². The van der Waals surface area contributed by atoms with E-state index >= 15 is 0 Å². The van der Waals surface area contributed by atoms with E-state index in [4.69, 9.17) is 9.72 Å². The van der Waals surface area contributed by atoms with Crippen molar-refractivity contribution in [1.29, 1.82) is 0 Å². The molecule has 1 aliphatic carbocycles. The average molecular weight is 274 g/mol. The molecule has 4 nitrogen and oxygen atoms in total. The standard InChI is InChI=1S/C16H22N2O2/c1-10-12-8-18(15(19)20-16(2,3)4)9-13(12)11-6-5-7-14(11)17-10/h5-9H2,1-4H3. The van der Waals surface area contributed by atoms with Crippen molar-refractivity contribution in [3.05, 3.63) is 28.1 Å². The number of hydrogen-bond donors (Lipinski definition) is 0. The number of aromatic nitrogens is 1. The maximum Gasteiger partial charge on any atom is 0.410 e. The molecule has 0 aromatic carbocycles. The van der Waals surface area contributed by atoms with Crippen molar-refractivity contribution in [1.82, 2.24) is 9.88 Å². The first-order chi connectivity index (χ1) is 9.35. The van der Waals surface area contributed by atoms with Gasteiger partial charge in [0, 0.05) is 11.4 Å². The van der Waals surface area contributed by atoms with Gasteiger partial charge in [0.25, 0.3) is 0 Å². The second-order valence-electron chi connectivity index (χ2n) is 6.77. The van der Waals surface area contributed by atoms with Gasteiger partial charge in [-0.3, -0.25) is 9.88 Å². The van der Waals surface area contributed by atoms with E-state index in [0.717, 1.165) is 18.5 Å². The molecule has 1 amide bonds. The van der Waals surface area contributed by atoms with Crippen LogP contribution in [0.1, 0.15) is 55.3 Å². The predicted molar refractivity (Wildman–Crippen MR) is 76.5 cm³/mol. The third-order valence-corrected chi connectivity index (χ3v) is 4.01. The Hall–Kier alpha value is -1.58. The summed E-state index contributed by atoms with van der Waals surface area (Å²) in [6, 6.07) is 0. The summed E-state index contributed by atoms with van der Waals surface area (Å²) in [7, 11) is 0. The molecular weight excluding hydrogens is 252 g/mol. The highest BCUT2D eigenvalue weighted by Crippen LogP contribution is 2.34. The van der Waals surface area contributed by atoms with Crippen molar-refractivity contribution in [3.8, 4) is 0 Å². The molecule has 4 heteroatoms. The van der Waals surface area contributed by atoms with Crippen LogP contribution in [-0.4, -0.2) is 21.6 Å². The lowest BCUT2D eigenvalue weighted by molar-refractivity contribution is 0.0241. The quantitative estimate of drug-likeness (QED) is 0.730. The molecular formula is C16H22N2O2. The highest BCUT2D eigenvalue weighted by Gasteiger charge is 2.32. The number of amides is 1. The number of ether oxygens (including phenoxy) is 1. The lowest BCUT2D eigenvalue weighted by Gasteiger charge is -2.24. The molecule has 20 heavy (non-hydrogen) atoms. The Morgan fingerprint density at radius 3 is 2.55 bits per heavy atom. The van der Waals surface area contributed by atoms with Crippen molar-refractivity contribution in [2.45, 2.75) is 65.6 Å². The van der Waals surface area contributed by atoms with E-state index in [-0.39, 0.29) is 6.09 Å². The normalized spacial score (nSPS) is 17.1. The summed E-state index contributed by atoms with van der Waals surface area (Å²) >= 11 is 0. The highest BCUT2D eigenvalue weighted by molar-refractivity contribution is 5.70. The molecule has 2 aliphatic rings. The van der Waals surface area contributed by atoms with Crippen LogP contribution < -0.4 is 0 Å². The van der Waals surface area contributed by atoms with E-state index < -0.39 is 5.60 Å². The fraction of sp³-hybridized carbons (Fsp3) is 0.625. The summed E-state index contributed by atoms with van der Waals surface area (Å²) < 4.78 is 5.48. The summed E-state index contributed by atoms with van der Waals surface area (Å²) in [5.74, 6) is 0. The van der Waals surface area contributed by atoms with E-state index in [9.17, 15) is 4.79 Å². The zero-order valence-corrected chi connectivity index (χ0v) is 12.7. The lowest BCUT2D eigenvalue weighted by atomic mass is 10.0. The molecule has 0 atom stereocenters. The molecule has 108 valence electrons. The minimum atomic E-state index is -0.443. The van der Waals surface area contributed by atoms with Crippen molar-refractivity contribution in [2.24, 2.45) is 0 Å². The topological polar surface area (TPSA) is 42.4 Å². The van der Waals surface area contributed by atoms with Gasteiger partial charge in [-0.25, -0.2) is 4.79 Å². The van der Waals surface area contributed by atoms with E-state index in [1.807, 2.05) is 20.8 Å². The van der Waals surface area contributed by atoms with Gasteiger partial charge in [-0.05, 0) is 63.6 Å². The van der Waals surface area contributed by atoms with Crippen LogP contribution in [-0.2, 0) is 30.7 Å². The van der Waals surface area contributed by atoms with Gasteiger partial charge in [-0.1, -0.05) is 0 Å². The van der Waals surface area contributed by atoms with E-state index in [2.05, 4.69) is 6.92 Å². The fourth-order valence-corrected chi connectivity index (χ4v) is 3.14. The van der Waals surface area contributed by atoms with E-state index in [1.165, 1.54) is 28.8 Å². The number of fused-ring (bicyclic) bond motifs is 3. The molecule has 1 aromatic heterocycles. The largest absolute Gasteiger partial charge is 0.444 e. The Morgan fingerprint density at radius 2 is 1.85 bits per heavy atom. The summed E-state index contributed by atoms with van der Waals surface area (Å²) in [6.07, 6.45) is 3.15. The number of pyridine rings is 1. The van der Waals surface area contributed by atoms with Gasteiger partial charge < -0.3 is 4.74 Å². The van der Waals surface area contributed by atoms with Gasteiger partial charge in [0.05, 0.1) is 13.1 Å². The third-order valence-electron chi connectivity index (χ3n) is 4.01.